The van der Waals surface area contributed by atoms with E-state index in [-0.39, 0.29) is 12.5 Å². The second-order valence-electron chi connectivity index (χ2n) is 8.78. The summed E-state index contributed by atoms with van der Waals surface area (Å²) in [5.41, 5.74) is 5.48. The van der Waals surface area contributed by atoms with Gasteiger partial charge in [0.2, 0.25) is 0 Å². The Labute approximate surface area is 220 Å². The highest BCUT2D eigenvalue weighted by molar-refractivity contribution is 6.35. The van der Waals surface area contributed by atoms with Crippen LogP contribution in [0.2, 0.25) is 10.0 Å². The van der Waals surface area contributed by atoms with E-state index in [0.717, 1.165) is 29.9 Å². The maximum atomic E-state index is 10.4. The highest BCUT2D eigenvalue weighted by Gasteiger charge is 2.27. The van der Waals surface area contributed by atoms with Gasteiger partial charge in [0.1, 0.15) is 0 Å². The van der Waals surface area contributed by atoms with Crippen LogP contribution < -0.4 is 5.32 Å². The Kier molecular flexibility index (Phi) is 9.23. The summed E-state index contributed by atoms with van der Waals surface area (Å²) in [7, 11) is 2.11. The molecule has 0 aliphatic carbocycles. The number of amides is 1. The van der Waals surface area contributed by atoms with Gasteiger partial charge in [0.15, 0.2) is 0 Å². The Morgan fingerprint density at radius 2 is 1.97 bits per heavy atom. The maximum Gasteiger partial charge on any atom is 0.404 e. The van der Waals surface area contributed by atoms with Gasteiger partial charge in [-0.25, -0.2) is 9.78 Å². The molecule has 1 aromatic heterocycles. The van der Waals surface area contributed by atoms with Crippen molar-refractivity contribution in [1.82, 2.24) is 19.8 Å². The third-order valence-corrected chi connectivity index (χ3v) is 6.65. The van der Waals surface area contributed by atoms with E-state index in [4.69, 9.17) is 37.8 Å². The number of hydrogen-bond acceptors (Lipinski definition) is 5. The number of nitrogens with one attached hydrogen (secondary N) is 1. The van der Waals surface area contributed by atoms with Gasteiger partial charge in [0.25, 0.3) is 0 Å². The van der Waals surface area contributed by atoms with E-state index in [2.05, 4.69) is 46.5 Å². The summed E-state index contributed by atoms with van der Waals surface area (Å²) in [5.74, 6) is 0.174. The van der Waals surface area contributed by atoms with Gasteiger partial charge in [0, 0.05) is 53.9 Å². The molecule has 0 bridgehead atoms. The lowest BCUT2D eigenvalue weighted by Gasteiger charge is -2.33. The second-order valence-corrected chi connectivity index (χ2v) is 9.63. The molecule has 0 saturated carbocycles. The number of benzene rings is 2. The average Bonchev–Trinajstić information content (AvgIpc) is 3.32. The van der Waals surface area contributed by atoms with Crippen LogP contribution in [0.4, 0.5) is 4.79 Å². The molecule has 36 heavy (non-hydrogen) atoms. The lowest BCUT2D eigenvalue weighted by molar-refractivity contribution is 0.0459. The Morgan fingerprint density at radius 1 is 1.17 bits per heavy atom. The van der Waals surface area contributed by atoms with Gasteiger partial charge in [-0.2, -0.15) is 0 Å². The van der Waals surface area contributed by atoms with Crippen molar-refractivity contribution in [2.75, 3.05) is 46.6 Å². The van der Waals surface area contributed by atoms with E-state index in [1.165, 1.54) is 11.1 Å². The smallest absolute Gasteiger partial charge is 0.404 e. The summed E-state index contributed by atoms with van der Waals surface area (Å²) >= 11 is 12.9. The van der Waals surface area contributed by atoms with Crippen molar-refractivity contribution in [2.24, 2.45) is 0 Å². The molecule has 2 N–H and O–H groups in total. The molecule has 8 nitrogen and oxygen atoms in total. The number of aromatic nitrogens is 2. The zero-order valence-corrected chi connectivity index (χ0v) is 21.6. The number of hydrogen-bond donors (Lipinski definition) is 2. The molecular weight excluding hydrogens is 503 g/mol. The first kappa shape index (κ1) is 26.4. The van der Waals surface area contributed by atoms with E-state index in [1.807, 2.05) is 29.2 Å². The van der Waals surface area contributed by atoms with Crippen molar-refractivity contribution < 1.29 is 19.4 Å². The average molecular weight is 533 g/mol. The molecular formula is C26H30Cl2N4O4. The summed E-state index contributed by atoms with van der Waals surface area (Å²) in [6.07, 6.45) is 2.77. The second kappa shape index (κ2) is 12.6. The molecule has 3 aromatic rings. The first-order valence-electron chi connectivity index (χ1n) is 11.8. The topological polar surface area (TPSA) is 88.8 Å². The molecule has 1 aliphatic rings. The van der Waals surface area contributed by atoms with Crippen LogP contribution in [0.5, 0.6) is 0 Å². The van der Waals surface area contributed by atoms with Gasteiger partial charge in [-0.15, -0.1) is 0 Å². The first-order valence-corrected chi connectivity index (χ1v) is 12.6. The van der Waals surface area contributed by atoms with Gasteiger partial charge in [-0.05, 0) is 41.9 Å². The summed E-state index contributed by atoms with van der Waals surface area (Å²) < 4.78 is 12.9. The molecule has 1 amide bonds. The van der Waals surface area contributed by atoms with Gasteiger partial charge in [-0.3, -0.25) is 0 Å². The molecule has 2 heterocycles. The Bertz CT molecular complexity index is 1190. The SMILES string of the molecule is CN1Cc2c(Cl)cc(Cl)cc2[C@H](c2cccc(-c3cn(CCOCCOCCNC(=O)O)cn3)c2)C1. The minimum atomic E-state index is -1.05. The standard InChI is InChI=1S/C26H30Cl2N4O4/c1-31-14-22(21-12-20(27)13-24(28)23(21)15-31)18-3-2-4-19(11-18)25-16-32(17-30-25)6-8-36-10-9-35-7-5-29-26(33)34/h2-4,11-13,16-17,22,29H,5-10,14-15H2,1H3,(H,33,34)/t22-/m0/s1. The van der Waals surface area contributed by atoms with Crippen LogP contribution in [0.3, 0.4) is 0 Å². The fourth-order valence-corrected chi connectivity index (χ4v) is 4.97. The number of fused-ring (bicyclic) bond motifs is 1. The van der Waals surface area contributed by atoms with Crippen LogP contribution in [-0.4, -0.2) is 72.2 Å². The van der Waals surface area contributed by atoms with Gasteiger partial charge in [0.05, 0.1) is 38.4 Å². The molecule has 192 valence electrons. The van der Waals surface area contributed by atoms with Gasteiger partial charge in [-0.1, -0.05) is 41.4 Å². The molecule has 4 rings (SSSR count). The Hall–Kier alpha value is -2.62. The predicted molar refractivity (Wildman–Crippen MR) is 140 cm³/mol. The number of carbonyl (C=O) groups is 1. The number of halogens is 2. The minimum Gasteiger partial charge on any atom is -0.465 e. The number of carboxylic acid groups (broad SMARTS) is 1. The van der Waals surface area contributed by atoms with Crippen molar-refractivity contribution in [2.45, 2.75) is 19.0 Å². The van der Waals surface area contributed by atoms with Crippen LogP contribution in [0, 0.1) is 0 Å². The third-order valence-electron chi connectivity index (χ3n) is 6.10. The van der Waals surface area contributed by atoms with Gasteiger partial charge >= 0.3 is 6.09 Å². The summed E-state index contributed by atoms with van der Waals surface area (Å²) in [5, 5.41) is 12.1. The molecule has 1 atom stereocenters. The van der Waals surface area contributed by atoms with Crippen molar-refractivity contribution in [3.63, 3.8) is 0 Å². The number of rotatable bonds is 11. The molecule has 2 aromatic carbocycles. The molecule has 1 aliphatic heterocycles. The number of ether oxygens (including phenoxy) is 2. The van der Waals surface area contributed by atoms with Crippen LogP contribution in [0.1, 0.15) is 22.6 Å². The quantitative estimate of drug-likeness (QED) is 0.347. The zero-order valence-electron chi connectivity index (χ0n) is 20.1. The Balaban J connectivity index is 1.34. The van der Waals surface area contributed by atoms with Crippen LogP contribution in [0.25, 0.3) is 11.3 Å². The largest absolute Gasteiger partial charge is 0.465 e. The minimum absolute atomic E-state index is 0.174. The normalized spacial score (nSPS) is 15.6. The molecule has 0 fully saturated rings. The van der Waals surface area contributed by atoms with E-state index < -0.39 is 6.09 Å². The van der Waals surface area contributed by atoms with E-state index in [9.17, 15) is 4.79 Å². The van der Waals surface area contributed by atoms with E-state index in [0.29, 0.717) is 43.0 Å². The number of nitrogens with zero attached hydrogens (tertiary/aromatic N) is 3. The van der Waals surface area contributed by atoms with Crippen LogP contribution >= 0.6 is 23.2 Å². The molecule has 0 radical (unpaired) electrons. The van der Waals surface area contributed by atoms with Crippen molar-refractivity contribution in [3.8, 4) is 11.3 Å². The molecule has 0 spiro atoms. The highest BCUT2D eigenvalue weighted by atomic mass is 35.5. The van der Waals surface area contributed by atoms with Crippen LogP contribution in [-0.2, 0) is 22.6 Å². The fourth-order valence-electron chi connectivity index (χ4n) is 4.40. The zero-order chi connectivity index (χ0) is 25.5. The highest BCUT2D eigenvalue weighted by Crippen LogP contribution is 2.39. The van der Waals surface area contributed by atoms with Crippen molar-refractivity contribution >= 4 is 29.3 Å². The molecule has 10 heteroatoms. The maximum absolute atomic E-state index is 10.4. The lowest BCUT2D eigenvalue weighted by atomic mass is 9.84. The number of imidazole rings is 1. The summed E-state index contributed by atoms with van der Waals surface area (Å²) in [4.78, 5) is 17.2. The summed E-state index contributed by atoms with van der Waals surface area (Å²) in [6, 6.07) is 12.3. The lowest BCUT2D eigenvalue weighted by Crippen LogP contribution is -2.31. The summed E-state index contributed by atoms with van der Waals surface area (Å²) in [6.45, 7) is 4.34. The molecule has 0 unspecified atom stereocenters. The molecule has 0 saturated heterocycles. The van der Waals surface area contributed by atoms with Crippen molar-refractivity contribution in [3.05, 3.63) is 75.7 Å². The Morgan fingerprint density at radius 3 is 2.78 bits per heavy atom. The number of likely N-dealkylation sites (N-methyl/N-ethyl adjacent to an activating group) is 1. The monoisotopic (exact) mass is 532 g/mol. The van der Waals surface area contributed by atoms with Crippen LogP contribution in [0.15, 0.2) is 48.9 Å². The van der Waals surface area contributed by atoms with Crippen molar-refractivity contribution in [1.29, 1.82) is 0 Å². The fraction of sp³-hybridized carbons (Fsp3) is 0.385. The first-order chi connectivity index (χ1) is 17.4. The third kappa shape index (κ3) is 6.99. The van der Waals surface area contributed by atoms with Gasteiger partial charge < -0.3 is 29.4 Å². The van der Waals surface area contributed by atoms with E-state index in [1.54, 1.807) is 0 Å². The van der Waals surface area contributed by atoms with E-state index >= 15 is 0 Å². The predicted octanol–water partition coefficient (Wildman–Crippen LogP) is 4.74.